The molecule has 0 unspecified atom stereocenters. The standard InChI is InChI=1S/C10H12N2O5/c1-2-7(13)11-6-5-10(16)17-12-8(14)3-4-9(12)15/h2-4,14-15H,1,5-6H2,(H,11,13). The average molecular weight is 240 g/mol. The van der Waals surface area contributed by atoms with Gasteiger partial charge in [0.15, 0.2) is 0 Å². The Bertz CT molecular complexity index is 418. The zero-order valence-electron chi connectivity index (χ0n) is 8.92. The summed E-state index contributed by atoms with van der Waals surface area (Å²) in [6.07, 6.45) is 0.978. The SMILES string of the molecule is C=CC(=O)NCCC(=O)On1c(O)ccc1O. The normalized spacial score (nSPS) is 9.65. The number of nitrogens with zero attached hydrogens (tertiary/aromatic N) is 1. The third kappa shape index (κ3) is 3.56. The monoisotopic (exact) mass is 240 g/mol. The molecule has 1 amide bonds. The third-order valence-corrected chi connectivity index (χ3v) is 1.80. The number of hydrogen-bond donors (Lipinski definition) is 3. The molecule has 0 aromatic carbocycles. The molecule has 7 heteroatoms. The predicted molar refractivity (Wildman–Crippen MR) is 57.2 cm³/mol. The van der Waals surface area contributed by atoms with Crippen molar-refractivity contribution in [2.24, 2.45) is 0 Å². The van der Waals surface area contributed by atoms with E-state index < -0.39 is 23.6 Å². The van der Waals surface area contributed by atoms with Crippen LogP contribution in [0.1, 0.15) is 6.42 Å². The molecular weight excluding hydrogens is 228 g/mol. The lowest BCUT2D eigenvalue weighted by Crippen LogP contribution is -2.27. The number of carbonyl (C=O) groups is 2. The molecule has 0 aliphatic rings. The van der Waals surface area contributed by atoms with Crippen molar-refractivity contribution in [3.05, 3.63) is 24.8 Å². The third-order valence-electron chi connectivity index (χ3n) is 1.80. The first kappa shape index (κ1) is 12.6. The molecule has 1 heterocycles. The highest BCUT2D eigenvalue weighted by atomic mass is 16.7. The molecular formula is C10H12N2O5. The van der Waals surface area contributed by atoms with E-state index in [0.717, 1.165) is 6.08 Å². The smallest absolute Gasteiger partial charge is 0.334 e. The number of aromatic hydroxyl groups is 2. The average Bonchev–Trinajstić information content (AvgIpc) is 2.60. The van der Waals surface area contributed by atoms with Gasteiger partial charge in [0.05, 0.1) is 6.42 Å². The fourth-order valence-electron chi connectivity index (χ4n) is 1.00. The Kier molecular flexibility index (Phi) is 4.15. The first-order valence-electron chi connectivity index (χ1n) is 4.75. The maximum absolute atomic E-state index is 11.2. The highest BCUT2D eigenvalue weighted by Gasteiger charge is 2.11. The maximum Gasteiger partial charge on any atom is 0.334 e. The van der Waals surface area contributed by atoms with E-state index in [9.17, 15) is 19.8 Å². The molecule has 92 valence electrons. The number of rotatable bonds is 5. The van der Waals surface area contributed by atoms with Crippen molar-refractivity contribution < 1.29 is 24.6 Å². The molecule has 0 aliphatic heterocycles. The zero-order chi connectivity index (χ0) is 12.8. The second-order valence-electron chi connectivity index (χ2n) is 3.05. The summed E-state index contributed by atoms with van der Waals surface area (Å²) in [5, 5.41) is 20.7. The van der Waals surface area contributed by atoms with Crippen LogP contribution in [0.5, 0.6) is 11.8 Å². The molecule has 0 radical (unpaired) electrons. The van der Waals surface area contributed by atoms with Crippen molar-refractivity contribution in [2.45, 2.75) is 6.42 Å². The minimum Gasteiger partial charge on any atom is -0.492 e. The van der Waals surface area contributed by atoms with Crippen LogP contribution >= 0.6 is 0 Å². The van der Waals surface area contributed by atoms with Gasteiger partial charge in [0.2, 0.25) is 17.7 Å². The lowest BCUT2D eigenvalue weighted by molar-refractivity contribution is -0.145. The van der Waals surface area contributed by atoms with Gasteiger partial charge in [0.1, 0.15) is 0 Å². The molecule has 0 bridgehead atoms. The summed E-state index contributed by atoms with van der Waals surface area (Å²) in [6, 6.07) is 2.34. The molecule has 0 aliphatic carbocycles. The lowest BCUT2D eigenvalue weighted by Gasteiger charge is -2.06. The van der Waals surface area contributed by atoms with Crippen LogP contribution in [0.4, 0.5) is 0 Å². The Balaban J connectivity index is 2.40. The highest BCUT2D eigenvalue weighted by molar-refractivity contribution is 5.87. The summed E-state index contributed by atoms with van der Waals surface area (Å²) in [5.74, 6) is -1.91. The Morgan fingerprint density at radius 1 is 1.41 bits per heavy atom. The molecule has 1 aromatic heterocycles. The van der Waals surface area contributed by atoms with Gasteiger partial charge in [-0.25, -0.2) is 4.79 Å². The summed E-state index contributed by atoms with van der Waals surface area (Å²) in [4.78, 5) is 26.6. The molecule has 0 fully saturated rings. The van der Waals surface area contributed by atoms with Gasteiger partial charge in [-0.2, -0.15) is 0 Å². The second kappa shape index (κ2) is 5.59. The first-order chi connectivity index (χ1) is 8.04. The van der Waals surface area contributed by atoms with Gasteiger partial charge >= 0.3 is 5.97 Å². The van der Waals surface area contributed by atoms with E-state index in [4.69, 9.17) is 0 Å². The van der Waals surface area contributed by atoms with Crippen molar-refractivity contribution in [1.29, 1.82) is 0 Å². The molecule has 0 saturated carbocycles. The van der Waals surface area contributed by atoms with E-state index in [1.54, 1.807) is 0 Å². The quantitative estimate of drug-likeness (QED) is 0.605. The maximum atomic E-state index is 11.2. The van der Waals surface area contributed by atoms with Gasteiger partial charge < -0.3 is 20.4 Å². The summed E-state index contributed by atoms with van der Waals surface area (Å²) in [5.41, 5.74) is 0. The number of hydrogen-bond acceptors (Lipinski definition) is 5. The highest BCUT2D eigenvalue weighted by Crippen LogP contribution is 2.18. The lowest BCUT2D eigenvalue weighted by atomic mass is 10.4. The van der Waals surface area contributed by atoms with Gasteiger partial charge in [-0.1, -0.05) is 6.58 Å². The minimum absolute atomic E-state index is 0.0759. The van der Waals surface area contributed by atoms with Gasteiger partial charge in [-0.3, -0.25) is 4.79 Å². The van der Waals surface area contributed by atoms with Crippen LogP contribution in [0.25, 0.3) is 0 Å². The Morgan fingerprint density at radius 2 is 2.00 bits per heavy atom. The Labute approximate surface area is 96.9 Å². The number of nitrogens with one attached hydrogen (secondary N) is 1. The van der Waals surface area contributed by atoms with Crippen molar-refractivity contribution >= 4 is 11.9 Å². The number of carbonyl (C=O) groups excluding carboxylic acids is 2. The van der Waals surface area contributed by atoms with Crippen LogP contribution in [0.2, 0.25) is 0 Å². The van der Waals surface area contributed by atoms with E-state index in [0.29, 0.717) is 4.73 Å². The second-order valence-corrected chi connectivity index (χ2v) is 3.05. The van der Waals surface area contributed by atoms with Crippen LogP contribution in [0, 0.1) is 0 Å². The fourth-order valence-corrected chi connectivity index (χ4v) is 1.00. The van der Waals surface area contributed by atoms with Crippen molar-refractivity contribution in [1.82, 2.24) is 10.0 Å². The van der Waals surface area contributed by atoms with E-state index in [1.807, 2.05) is 0 Å². The zero-order valence-corrected chi connectivity index (χ0v) is 8.92. The van der Waals surface area contributed by atoms with E-state index in [1.165, 1.54) is 12.1 Å². The molecule has 1 rings (SSSR count). The largest absolute Gasteiger partial charge is 0.492 e. The first-order valence-corrected chi connectivity index (χ1v) is 4.75. The number of amides is 1. The topological polar surface area (TPSA) is 101 Å². The van der Waals surface area contributed by atoms with Crippen LogP contribution in [0.3, 0.4) is 0 Å². The Hall–Kier alpha value is -2.44. The van der Waals surface area contributed by atoms with Crippen LogP contribution < -0.4 is 10.2 Å². The molecule has 7 nitrogen and oxygen atoms in total. The van der Waals surface area contributed by atoms with Gasteiger partial charge in [0, 0.05) is 18.7 Å². The van der Waals surface area contributed by atoms with Gasteiger partial charge in [-0.15, -0.1) is 4.73 Å². The molecule has 0 atom stereocenters. The summed E-state index contributed by atoms with van der Waals surface area (Å²) < 4.78 is 0.581. The van der Waals surface area contributed by atoms with E-state index in [2.05, 4.69) is 16.7 Å². The molecule has 17 heavy (non-hydrogen) atoms. The van der Waals surface area contributed by atoms with Crippen LogP contribution in [0.15, 0.2) is 24.8 Å². The van der Waals surface area contributed by atoms with Crippen molar-refractivity contribution in [3.8, 4) is 11.8 Å². The van der Waals surface area contributed by atoms with Gasteiger partial charge in [-0.05, 0) is 6.08 Å². The molecule has 0 saturated heterocycles. The van der Waals surface area contributed by atoms with Crippen LogP contribution in [-0.4, -0.2) is 33.4 Å². The van der Waals surface area contributed by atoms with Crippen LogP contribution in [-0.2, 0) is 9.59 Å². The summed E-state index contributed by atoms with van der Waals surface area (Å²) in [7, 11) is 0. The molecule has 0 spiro atoms. The fraction of sp³-hybridized carbons (Fsp3) is 0.200. The molecule has 3 N–H and O–H groups in total. The van der Waals surface area contributed by atoms with Gasteiger partial charge in [0.25, 0.3) is 0 Å². The summed E-state index contributed by atoms with van der Waals surface area (Å²) in [6.45, 7) is 3.32. The number of aromatic nitrogens is 1. The van der Waals surface area contributed by atoms with E-state index >= 15 is 0 Å². The van der Waals surface area contributed by atoms with Crippen molar-refractivity contribution in [2.75, 3.05) is 6.54 Å². The van der Waals surface area contributed by atoms with Crippen molar-refractivity contribution in [3.63, 3.8) is 0 Å². The predicted octanol–water partition coefficient (Wildman–Crippen LogP) is -0.453. The minimum atomic E-state index is -0.712. The van der Waals surface area contributed by atoms with E-state index in [-0.39, 0.29) is 13.0 Å². The Morgan fingerprint density at radius 3 is 2.53 bits per heavy atom. The molecule has 1 aromatic rings. The summed E-state index contributed by atoms with van der Waals surface area (Å²) >= 11 is 0.